The second-order valence-electron chi connectivity index (χ2n) is 4.23. The summed E-state index contributed by atoms with van der Waals surface area (Å²) in [4.78, 5) is 0. The van der Waals surface area contributed by atoms with Crippen LogP contribution in [0.5, 0.6) is 0 Å². The van der Waals surface area contributed by atoms with Gasteiger partial charge in [-0.1, -0.05) is 0 Å². The standard InChI is InChI=1S/C12H16N4O/c1-8-6-11(9(2)14-13-8)12(17)7-10-4-5-16(3)15-10/h4-6,12,17H,7H2,1-3H3. The molecule has 0 bridgehead atoms. The summed E-state index contributed by atoms with van der Waals surface area (Å²) in [7, 11) is 1.86. The highest BCUT2D eigenvalue weighted by Crippen LogP contribution is 2.19. The molecule has 0 aliphatic heterocycles. The minimum absolute atomic E-state index is 0.493. The number of nitrogens with zero attached hydrogens (tertiary/aromatic N) is 4. The van der Waals surface area contributed by atoms with E-state index in [4.69, 9.17) is 0 Å². The summed E-state index contributed by atoms with van der Waals surface area (Å²) in [6.07, 6.45) is 1.77. The fourth-order valence-corrected chi connectivity index (χ4v) is 1.79. The number of rotatable bonds is 3. The Bertz CT molecular complexity index is 521. The molecule has 0 aromatic carbocycles. The molecule has 0 radical (unpaired) electrons. The maximum absolute atomic E-state index is 10.2. The topological polar surface area (TPSA) is 63.8 Å². The van der Waals surface area contributed by atoms with Crippen molar-refractivity contribution < 1.29 is 5.11 Å². The molecule has 2 heterocycles. The average Bonchev–Trinajstić information content (AvgIpc) is 2.67. The highest BCUT2D eigenvalue weighted by molar-refractivity contribution is 5.23. The van der Waals surface area contributed by atoms with Gasteiger partial charge in [0.2, 0.25) is 0 Å². The number of aryl methyl sites for hydroxylation is 3. The third-order valence-electron chi connectivity index (χ3n) is 2.67. The van der Waals surface area contributed by atoms with Gasteiger partial charge in [0.05, 0.1) is 23.2 Å². The van der Waals surface area contributed by atoms with Crippen molar-refractivity contribution in [3.63, 3.8) is 0 Å². The van der Waals surface area contributed by atoms with Crippen molar-refractivity contribution in [1.82, 2.24) is 20.0 Å². The fraction of sp³-hybridized carbons (Fsp3) is 0.417. The van der Waals surface area contributed by atoms with Crippen LogP contribution >= 0.6 is 0 Å². The van der Waals surface area contributed by atoms with Crippen LogP contribution in [0.2, 0.25) is 0 Å². The first-order valence-corrected chi connectivity index (χ1v) is 5.53. The lowest BCUT2D eigenvalue weighted by atomic mass is 10.0. The third-order valence-corrected chi connectivity index (χ3v) is 2.67. The van der Waals surface area contributed by atoms with Gasteiger partial charge < -0.3 is 5.11 Å². The van der Waals surface area contributed by atoms with Gasteiger partial charge in [0.15, 0.2) is 0 Å². The monoisotopic (exact) mass is 232 g/mol. The fourth-order valence-electron chi connectivity index (χ4n) is 1.79. The quantitative estimate of drug-likeness (QED) is 0.860. The van der Waals surface area contributed by atoms with Crippen molar-refractivity contribution in [2.75, 3.05) is 0 Å². The SMILES string of the molecule is Cc1cc(C(O)Cc2ccn(C)n2)c(C)nn1. The highest BCUT2D eigenvalue weighted by Gasteiger charge is 2.14. The summed E-state index contributed by atoms with van der Waals surface area (Å²) < 4.78 is 1.73. The molecule has 17 heavy (non-hydrogen) atoms. The van der Waals surface area contributed by atoms with E-state index < -0.39 is 6.10 Å². The van der Waals surface area contributed by atoms with Gasteiger partial charge in [-0.15, -0.1) is 0 Å². The Morgan fingerprint density at radius 3 is 2.76 bits per heavy atom. The molecule has 2 aromatic heterocycles. The maximum Gasteiger partial charge on any atom is 0.0864 e. The molecule has 5 heteroatoms. The zero-order valence-corrected chi connectivity index (χ0v) is 10.3. The van der Waals surface area contributed by atoms with Crippen molar-refractivity contribution in [2.45, 2.75) is 26.4 Å². The van der Waals surface area contributed by atoms with Gasteiger partial charge in [-0.2, -0.15) is 15.3 Å². The van der Waals surface area contributed by atoms with E-state index in [0.29, 0.717) is 6.42 Å². The van der Waals surface area contributed by atoms with Crippen molar-refractivity contribution >= 4 is 0 Å². The first-order valence-electron chi connectivity index (χ1n) is 5.53. The lowest BCUT2D eigenvalue weighted by Crippen LogP contribution is -2.07. The summed E-state index contributed by atoms with van der Waals surface area (Å²) >= 11 is 0. The number of aliphatic hydroxyl groups excluding tert-OH is 1. The van der Waals surface area contributed by atoms with Crippen molar-refractivity contribution in [3.05, 3.63) is 41.0 Å². The molecule has 0 saturated heterocycles. The number of hydrogen-bond donors (Lipinski definition) is 1. The van der Waals surface area contributed by atoms with E-state index >= 15 is 0 Å². The predicted molar refractivity (Wildman–Crippen MR) is 63.4 cm³/mol. The second kappa shape index (κ2) is 4.63. The number of aromatic nitrogens is 4. The Morgan fingerprint density at radius 2 is 2.12 bits per heavy atom. The Hall–Kier alpha value is -1.75. The van der Waals surface area contributed by atoms with Crippen LogP contribution in [-0.4, -0.2) is 25.1 Å². The van der Waals surface area contributed by atoms with Crippen LogP contribution in [0.25, 0.3) is 0 Å². The second-order valence-corrected chi connectivity index (χ2v) is 4.23. The van der Waals surface area contributed by atoms with Gasteiger partial charge in [0.25, 0.3) is 0 Å². The van der Waals surface area contributed by atoms with E-state index in [2.05, 4.69) is 15.3 Å². The van der Waals surface area contributed by atoms with Gasteiger partial charge in [-0.3, -0.25) is 4.68 Å². The van der Waals surface area contributed by atoms with E-state index in [1.807, 2.05) is 39.2 Å². The van der Waals surface area contributed by atoms with Gasteiger partial charge in [-0.05, 0) is 26.0 Å². The zero-order chi connectivity index (χ0) is 12.4. The van der Waals surface area contributed by atoms with Crippen LogP contribution in [0.3, 0.4) is 0 Å². The lowest BCUT2D eigenvalue weighted by Gasteiger charge is -2.11. The van der Waals surface area contributed by atoms with Crippen LogP contribution in [-0.2, 0) is 13.5 Å². The maximum atomic E-state index is 10.2. The Morgan fingerprint density at radius 1 is 1.35 bits per heavy atom. The van der Waals surface area contributed by atoms with E-state index in [0.717, 1.165) is 22.6 Å². The minimum atomic E-state index is -0.584. The molecule has 0 spiro atoms. The van der Waals surface area contributed by atoms with Crippen LogP contribution in [0.4, 0.5) is 0 Å². The van der Waals surface area contributed by atoms with Crippen LogP contribution in [0, 0.1) is 13.8 Å². The summed E-state index contributed by atoms with van der Waals surface area (Å²) in [6, 6.07) is 3.77. The zero-order valence-electron chi connectivity index (χ0n) is 10.3. The third kappa shape index (κ3) is 2.68. The molecular formula is C12H16N4O. The molecule has 1 N–H and O–H groups in total. The highest BCUT2D eigenvalue weighted by atomic mass is 16.3. The molecule has 0 aliphatic carbocycles. The summed E-state index contributed by atoms with van der Waals surface area (Å²) in [5.74, 6) is 0. The van der Waals surface area contributed by atoms with Crippen molar-refractivity contribution in [2.24, 2.45) is 7.05 Å². The van der Waals surface area contributed by atoms with Crippen molar-refractivity contribution in [3.8, 4) is 0 Å². The molecule has 1 atom stereocenters. The van der Waals surface area contributed by atoms with Gasteiger partial charge in [0.1, 0.15) is 0 Å². The normalized spacial score (nSPS) is 12.7. The Balaban J connectivity index is 2.19. The van der Waals surface area contributed by atoms with E-state index in [9.17, 15) is 5.11 Å². The summed E-state index contributed by atoms with van der Waals surface area (Å²) in [5.41, 5.74) is 3.27. The smallest absolute Gasteiger partial charge is 0.0864 e. The molecule has 0 saturated carbocycles. The van der Waals surface area contributed by atoms with E-state index in [1.165, 1.54) is 0 Å². The average molecular weight is 232 g/mol. The summed E-state index contributed by atoms with van der Waals surface area (Å²) in [5, 5.41) is 22.4. The molecule has 5 nitrogen and oxygen atoms in total. The largest absolute Gasteiger partial charge is 0.388 e. The Labute approximate surface area is 100 Å². The molecule has 0 aliphatic rings. The van der Waals surface area contributed by atoms with E-state index in [-0.39, 0.29) is 0 Å². The van der Waals surface area contributed by atoms with E-state index in [1.54, 1.807) is 4.68 Å². The molecule has 2 rings (SSSR count). The molecule has 90 valence electrons. The van der Waals surface area contributed by atoms with Crippen LogP contribution in [0.15, 0.2) is 18.3 Å². The molecular weight excluding hydrogens is 216 g/mol. The van der Waals surface area contributed by atoms with Crippen LogP contribution in [0.1, 0.15) is 28.7 Å². The predicted octanol–water partition coefficient (Wildman–Crippen LogP) is 1.10. The Kier molecular flexibility index (Phi) is 3.19. The molecule has 1 unspecified atom stereocenters. The number of aliphatic hydroxyl groups is 1. The lowest BCUT2D eigenvalue weighted by molar-refractivity contribution is 0.175. The first-order chi connectivity index (χ1) is 8.06. The van der Waals surface area contributed by atoms with Crippen LogP contribution < -0.4 is 0 Å². The first kappa shape index (κ1) is 11.7. The molecule has 0 amide bonds. The van der Waals surface area contributed by atoms with Crippen molar-refractivity contribution in [1.29, 1.82) is 0 Å². The van der Waals surface area contributed by atoms with Gasteiger partial charge in [0, 0.05) is 25.2 Å². The van der Waals surface area contributed by atoms with Gasteiger partial charge in [-0.25, -0.2) is 0 Å². The minimum Gasteiger partial charge on any atom is -0.388 e. The number of hydrogen-bond acceptors (Lipinski definition) is 4. The molecule has 2 aromatic rings. The molecule has 0 fully saturated rings. The van der Waals surface area contributed by atoms with Gasteiger partial charge >= 0.3 is 0 Å². The summed E-state index contributed by atoms with van der Waals surface area (Å²) in [6.45, 7) is 3.72.